The molecular weight excluding hydrogens is 238 g/mol. The highest BCUT2D eigenvalue weighted by Crippen LogP contribution is 2.71. The predicted molar refractivity (Wildman–Crippen MR) is 74.7 cm³/mol. The Morgan fingerprint density at radius 1 is 1.37 bits per heavy atom. The number of oxime groups is 1. The molecule has 3 nitrogen and oxygen atoms in total. The predicted octanol–water partition coefficient (Wildman–Crippen LogP) is 3.16. The molecule has 0 heterocycles. The molecule has 1 aromatic carbocycles. The van der Waals surface area contributed by atoms with Crippen LogP contribution in [0.5, 0.6) is 0 Å². The molecule has 2 aliphatic carbocycles. The summed E-state index contributed by atoms with van der Waals surface area (Å²) in [6.07, 6.45) is 6.21. The lowest BCUT2D eigenvalue weighted by atomic mass is 9.90. The Hall–Kier alpha value is -1.90. The van der Waals surface area contributed by atoms with Crippen LogP contribution in [-0.4, -0.2) is 12.2 Å². The SMILES string of the molecule is CC(=O)O/N=C/[C@@H]1C(C)(C)C12C=Cc1ccccc12. The van der Waals surface area contributed by atoms with Gasteiger partial charge in [0, 0.05) is 24.5 Å². The fraction of sp³-hybridized carbons (Fsp3) is 0.375. The third-order valence-electron chi connectivity index (χ3n) is 4.57. The monoisotopic (exact) mass is 255 g/mol. The molecule has 0 aromatic heterocycles. The largest absolute Gasteiger partial charge is 0.331 e. The van der Waals surface area contributed by atoms with Crippen molar-refractivity contribution in [2.45, 2.75) is 26.2 Å². The van der Waals surface area contributed by atoms with Crippen LogP contribution in [-0.2, 0) is 15.0 Å². The number of nitrogens with zero attached hydrogens (tertiary/aromatic N) is 1. The first-order chi connectivity index (χ1) is 9.00. The summed E-state index contributed by atoms with van der Waals surface area (Å²) in [4.78, 5) is 15.5. The van der Waals surface area contributed by atoms with Gasteiger partial charge < -0.3 is 4.84 Å². The first kappa shape index (κ1) is 12.2. The minimum absolute atomic E-state index is 0.00718. The van der Waals surface area contributed by atoms with E-state index in [0.29, 0.717) is 0 Å². The van der Waals surface area contributed by atoms with Gasteiger partial charge >= 0.3 is 5.97 Å². The lowest BCUT2D eigenvalue weighted by molar-refractivity contribution is -0.140. The van der Waals surface area contributed by atoms with E-state index in [1.165, 1.54) is 18.1 Å². The third-order valence-corrected chi connectivity index (χ3v) is 4.57. The second kappa shape index (κ2) is 3.80. The molecule has 1 unspecified atom stereocenters. The molecule has 0 saturated heterocycles. The highest BCUT2D eigenvalue weighted by atomic mass is 16.7. The van der Waals surface area contributed by atoms with Crippen LogP contribution in [0.25, 0.3) is 6.08 Å². The summed E-state index contributed by atoms with van der Waals surface area (Å²) in [5.41, 5.74) is 2.73. The molecule has 19 heavy (non-hydrogen) atoms. The Morgan fingerprint density at radius 3 is 2.84 bits per heavy atom. The molecule has 1 aromatic rings. The van der Waals surface area contributed by atoms with E-state index < -0.39 is 0 Å². The van der Waals surface area contributed by atoms with Gasteiger partial charge in [-0.1, -0.05) is 55.4 Å². The summed E-state index contributed by atoms with van der Waals surface area (Å²) in [5, 5.41) is 3.81. The molecule has 1 fully saturated rings. The van der Waals surface area contributed by atoms with Gasteiger partial charge in [0.05, 0.1) is 0 Å². The number of carbonyl (C=O) groups excluding carboxylic acids is 1. The Balaban J connectivity index is 1.93. The van der Waals surface area contributed by atoms with E-state index >= 15 is 0 Å². The summed E-state index contributed by atoms with van der Waals surface area (Å²) in [6.45, 7) is 5.81. The number of hydrogen-bond acceptors (Lipinski definition) is 3. The van der Waals surface area contributed by atoms with Crippen molar-refractivity contribution in [3.05, 3.63) is 41.5 Å². The number of fused-ring (bicyclic) bond motifs is 2. The van der Waals surface area contributed by atoms with Gasteiger partial charge in [-0.2, -0.15) is 0 Å². The summed E-state index contributed by atoms with van der Waals surface area (Å²) in [5.74, 6) is -0.120. The minimum Gasteiger partial charge on any atom is -0.319 e. The summed E-state index contributed by atoms with van der Waals surface area (Å²) >= 11 is 0. The van der Waals surface area contributed by atoms with Crippen LogP contribution in [0, 0.1) is 11.3 Å². The van der Waals surface area contributed by atoms with Crippen molar-refractivity contribution >= 4 is 18.3 Å². The second-order valence-corrected chi connectivity index (χ2v) is 5.83. The maximum Gasteiger partial charge on any atom is 0.331 e. The molecule has 3 heteroatoms. The lowest BCUT2D eigenvalue weighted by Crippen LogP contribution is -2.09. The maximum absolute atomic E-state index is 10.8. The van der Waals surface area contributed by atoms with Crippen molar-refractivity contribution in [1.82, 2.24) is 0 Å². The van der Waals surface area contributed by atoms with Gasteiger partial charge in [-0.3, -0.25) is 0 Å². The Bertz CT molecular complexity index is 601. The molecule has 0 N–H and O–H groups in total. The zero-order valence-corrected chi connectivity index (χ0v) is 11.4. The molecule has 3 rings (SSSR count). The molecule has 98 valence electrons. The molecule has 2 atom stereocenters. The van der Waals surface area contributed by atoms with Crippen LogP contribution in [0.3, 0.4) is 0 Å². The molecule has 0 amide bonds. The molecule has 1 saturated carbocycles. The van der Waals surface area contributed by atoms with E-state index in [-0.39, 0.29) is 22.7 Å². The first-order valence-corrected chi connectivity index (χ1v) is 6.50. The number of carbonyl (C=O) groups is 1. The van der Waals surface area contributed by atoms with Crippen molar-refractivity contribution in [3.8, 4) is 0 Å². The van der Waals surface area contributed by atoms with Gasteiger partial charge in [0.1, 0.15) is 0 Å². The third kappa shape index (κ3) is 1.51. The molecule has 0 aliphatic heterocycles. The number of rotatable bonds is 2. The zero-order valence-electron chi connectivity index (χ0n) is 11.4. The normalized spacial score (nSPS) is 29.7. The zero-order chi connectivity index (χ0) is 13.7. The Labute approximate surface area is 113 Å². The topological polar surface area (TPSA) is 38.7 Å². The van der Waals surface area contributed by atoms with Gasteiger partial charge in [-0.15, -0.1) is 0 Å². The van der Waals surface area contributed by atoms with Crippen molar-refractivity contribution < 1.29 is 9.63 Å². The summed E-state index contributed by atoms with van der Waals surface area (Å²) in [7, 11) is 0. The van der Waals surface area contributed by atoms with Gasteiger partial charge in [-0.25, -0.2) is 4.79 Å². The van der Waals surface area contributed by atoms with Crippen LogP contribution in [0.2, 0.25) is 0 Å². The smallest absolute Gasteiger partial charge is 0.319 e. The first-order valence-electron chi connectivity index (χ1n) is 6.50. The van der Waals surface area contributed by atoms with Crippen LogP contribution in [0.15, 0.2) is 35.5 Å². The average molecular weight is 255 g/mol. The Kier molecular flexibility index (Phi) is 2.43. The number of hydrogen-bond donors (Lipinski definition) is 0. The lowest BCUT2D eigenvalue weighted by Gasteiger charge is -2.13. The fourth-order valence-corrected chi connectivity index (χ4v) is 3.47. The molecule has 1 spiro atoms. The van der Waals surface area contributed by atoms with E-state index in [1.807, 2.05) is 0 Å². The van der Waals surface area contributed by atoms with Gasteiger partial charge in [-0.05, 0) is 16.5 Å². The quantitative estimate of drug-likeness (QED) is 0.462. The van der Waals surface area contributed by atoms with E-state index in [2.05, 4.69) is 60.3 Å². The summed E-state index contributed by atoms with van der Waals surface area (Å²) < 4.78 is 0. The average Bonchev–Trinajstić information content (AvgIpc) is 2.70. The van der Waals surface area contributed by atoms with Crippen molar-refractivity contribution in [3.63, 3.8) is 0 Å². The van der Waals surface area contributed by atoms with E-state index in [4.69, 9.17) is 0 Å². The van der Waals surface area contributed by atoms with Crippen LogP contribution >= 0.6 is 0 Å². The van der Waals surface area contributed by atoms with Crippen LogP contribution in [0.4, 0.5) is 0 Å². The van der Waals surface area contributed by atoms with Gasteiger partial charge in [0.2, 0.25) is 0 Å². The second-order valence-electron chi connectivity index (χ2n) is 5.83. The van der Waals surface area contributed by atoms with Crippen molar-refractivity contribution in [2.24, 2.45) is 16.5 Å². The van der Waals surface area contributed by atoms with E-state index in [1.54, 1.807) is 6.21 Å². The van der Waals surface area contributed by atoms with Crippen LogP contribution < -0.4 is 0 Å². The van der Waals surface area contributed by atoms with Crippen LogP contribution in [0.1, 0.15) is 31.9 Å². The molecule has 0 radical (unpaired) electrons. The number of benzene rings is 1. The highest BCUT2D eigenvalue weighted by molar-refractivity contribution is 5.81. The van der Waals surface area contributed by atoms with Gasteiger partial charge in [0.15, 0.2) is 0 Å². The van der Waals surface area contributed by atoms with Crippen molar-refractivity contribution in [2.75, 3.05) is 0 Å². The molecule has 2 aliphatic rings. The molecule has 0 bridgehead atoms. The summed E-state index contributed by atoms with van der Waals surface area (Å²) in [6, 6.07) is 8.44. The highest BCUT2D eigenvalue weighted by Gasteiger charge is 2.71. The number of allylic oxidation sites excluding steroid dienone is 1. The maximum atomic E-state index is 10.8. The standard InChI is InChI=1S/C16H17NO2/c1-11(18)19-17-10-14-15(2,3)16(14)9-8-12-6-4-5-7-13(12)16/h4-10,14H,1-3H3/b17-10+/t14-,16?/m1/s1. The molecular formula is C16H17NO2. The van der Waals surface area contributed by atoms with E-state index in [9.17, 15) is 4.79 Å². The van der Waals surface area contributed by atoms with Gasteiger partial charge in [0.25, 0.3) is 0 Å². The van der Waals surface area contributed by atoms with E-state index in [0.717, 1.165) is 0 Å². The van der Waals surface area contributed by atoms with Crippen molar-refractivity contribution in [1.29, 1.82) is 0 Å². The fourth-order valence-electron chi connectivity index (χ4n) is 3.47. The Morgan fingerprint density at radius 2 is 2.11 bits per heavy atom. The minimum atomic E-state index is -0.383.